The normalized spacial score (nSPS) is 21.6. The highest BCUT2D eigenvalue weighted by Crippen LogP contribution is 2.09. The third kappa shape index (κ3) is 3.73. The van der Waals surface area contributed by atoms with Gasteiger partial charge in [0.2, 0.25) is 11.8 Å². The number of nitrogens with zero attached hydrogens (tertiary/aromatic N) is 1. The van der Waals surface area contributed by atoms with Gasteiger partial charge in [0.05, 0.1) is 6.07 Å². The van der Waals surface area contributed by atoms with E-state index in [-0.39, 0.29) is 18.7 Å². The van der Waals surface area contributed by atoms with Gasteiger partial charge < -0.3 is 15.7 Å². The standard InChI is InChI=1S/C11H15N3O4/c1-6(5-12)4-8(11(17)18)14-10(16)7-2-3-9(15)13-7/h6-8H,2-4H2,1H3,(H,13,15)(H,14,16)(H,17,18)/t6-,7+,8+/m0/s1. The summed E-state index contributed by atoms with van der Waals surface area (Å²) in [5.41, 5.74) is 0. The third-order valence-corrected chi connectivity index (χ3v) is 2.74. The monoisotopic (exact) mass is 253 g/mol. The maximum atomic E-state index is 11.7. The van der Waals surface area contributed by atoms with Crippen molar-refractivity contribution in [1.82, 2.24) is 10.6 Å². The molecule has 0 spiro atoms. The fourth-order valence-corrected chi connectivity index (χ4v) is 1.71. The number of carbonyl (C=O) groups excluding carboxylic acids is 2. The molecule has 0 aliphatic carbocycles. The Morgan fingerprint density at radius 2 is 2.33 bits per heavy atom. The van der Waals surface area contributed by atoms with Crippen LogP contribution in [-0.4, -0.2) is 35.0 Å². The van der Waals surface area contributed by atoms with Crippen molar-refractivity contribution in [2.24, 2.45) is 5.92 Å². The van der Waals surface area contributed by atoms with Crippen LogP contribution in [0.4, 0.5) is 0 Å². The zero-order valence-electron chi connectivity index (χ0n) is 9.97. The molecular formula is C11H15N3O4. The van der Waals surface area contributed by atoms with E-state index in [1.54, 1.807) is 6.92 Å². The number of hydrogen-bond acceptors (Lipinski definition) is 4. The summed E-state index contributed by atoms with van der Waals surface area (Å²) in [7, 11) is 0. The molecule has 1 saturated heterocycles. The summed E-state index contributed by atoms with van der Waals surface area (Å²) >= 11 is 0. The van der Waals surface area contributed by atoms with Gasteiger partial charge >= 0.3 is 5.97 Å². The maximum absolute atomic E-state index is 11.7. The Hall–Kier alpha value is -2.10. The Balaban J connectivity index is 2.56. The summed E-state index contributed by atoms with van der Waals surface area (Å²) in [6, 6.07) is 0.139. The van der Waals surface area contributed by atoms with Gasteiger partial charge in [-0.05, 0) is 19.8 Å². The molecule has 1 aliphatic rings. The molecule has 7 nitrogen and oxygen atoms in total. The number of hydrogen-bond donors (Lipinski definition) is 3. The summed E-state index contributed by atoms with van der Waals surface area (Å²) in [6.45, 7) is 1.58. The first-order valence-corrected chi connectivity index (χ1v) is 5.66. The van der Waals surface area contributed by atoms with Gasteiger partial charge in [-0.3, -0.25) is 9.59 Å². The summed E-state index contributed by atoms with van der Waals surface area (Å²) in [4.78, 5) is 33.6. The lowest BCUT2D eigenvalue weighted by Gasteiger charge is -2.18. The van der Waals surface area contributed by atoms with Gasteiger partial charge in [0.25, 0.3) is 0 Å². The Morgan fingerprint density at radius 1 is 1.67 bits per heavy atom. The molecule has 1 aliphatic heterocycles. The average Bonchev–Trinajstić information content (AvgIpc) is 2.74. The molecule has 1 rings (SSSR count). The van der Waals surface area contributed by atoms with E-state index in [9.17, 15) is 14.4 Å². The van der Waals surface area contributed by atoms with Gasteiger partial charge in [-0.2, -0.15) is 5.26 Å². The average molecular weight is 253 g/mol. The highest BCUT2D eigenvalue weighted by molar-refractivity contribution is 5.92. The van der Waals surface area contributed by atoms with Crippen LogP contribution in [0.15, 0.2) is 0 Å². The van der Waals surface area contributed by atoms with Crippen LogP contribution in [0.2, 0.25) is 0 Å². The minimum Gasteiger partial charge on any atom is -0.480 e. The van der Waals surface area contributed by atoms with Crippen molar-refractivity contribution in [3.8, 4) is 6.07 Å². The zero-order chi connectivity index (χ0) is 13.7. The lowest BCUT2D eigenvalue weighted by molar-refractivity contribution is -0.142. The summed E-state index contributed by atoms with van der Waals surface area (Å²) in [5.74, 6) is -2.38. The molecule has 0 aromatic rings. The van der Waals surface area contributed by atoms with Crippen molar-refractivity contribution in [3.63, 3.8) is 0 Å². The molecule has 2 amide bonds. The Bertz CT molecular complexity index is 402. The van der Waals surface area contributed by atoms with Crippen molar-refractivity contribution in [1.29, 1.82) is 5.26 Å². The van der Waals surface area contributed by atoms with Crippen molar-refractivity contribution >= 4 is 17.8 Å². The Morgan fingerprint density at radius 3 is 2.78 bits per heavy atom. The molecular weight excluding hydrogens is 238 g/mol. The summed E-state index contributed by atoms with van der Waals surface area (Å²) in [5, 5.41) is 22.4. The van der Waals surface area contributed by atoms with Gasteiger partial charge in [0.1, 0.15) is 12.1 Å². The first kappa shape index (κ1) is 14.0. The second kappa shape index (κ2) is 6.00. The third-order valence-electron chi connectivity index (χ3n) is 2.74. The minimum atomic E-state index is -1.19. The quantitative estimate of drug-likeness (QED) is 0.603. The zero-order valence-corrected chi connectivity index (χ0v) is 9.97. The van der Waals surface area contributed by atoms with Gasteiger partial charge in [-0.15, -0.1) is 0 Å². The largest absolute Gasteiger partial charge is 0.480 e. The number of rotatable bonds is 5. The van der Waals surface area contributed by atoms with Crippen LogP contribution < -0.4 is 10.6 Å². The molecule has 0 radical (unpaired) electrons. The second-order valence-electron chi connectivity index (χ2n) is 4.32. The molecule has 18 heavy (non-hydrogen) atoms. The number of nitrogens with one attached hydrogen (secondary N) is 2. The molecule has 98 valence electrons. The van der Waals surface area contributed by atoms with Crippen LogP contribution >= 0.6 is 0 Å². The van der Waals surface area contributed by atoms with Gasteiger partial charge in [-0.25, -0.2) is 4.79 Å². The van der Waals surface area contributed by atoms with Crippen LogP contribution in [-0.2, 0) is 14.4 Å². The molecule has 0 unspecified atom stereocenters. The van der Waals surface area contributed by atoms with E-state index in [0.717, 1.165) is 0 Å². The van der Waals surface area contributed by atoms with Crippen LogP contribution in [0.3, 0.4) is 0 Å². The fourth-order valence-electron chi connectivity index (χ4n) is 1.71. The Labute approximate surface area is 104 Å². The van der Waals surface area contributed by atoms with Crippen LogP contribution in [0.5, 0.6) is 0 Å². The van der Waals surface area contributed by atoms with Crippen LogP contribution in [0, 0.1) is 17.2 Å². The molecule has 3 N–H and O–H groups in total. The maximum Gasteiger partial charge on any atom is 0.326 e. The van der Waals surface area contributed by atoms with Crippen LogP contribution in [0.1, 0.15) is 26.2 Å². The summed E-state index contributed by atoms with van der Waals surface area (Å²) < 4.78 is 0. The first-order chi connectivity index (χ1) is 8.43. The first-order valence-electron chi connectivity index (χ1n) is 5.66. The number of amides is 2. The van der Waals surface area contributed by atoms with E-state index in [4.69, 9.17) is 10.4 Å². The molecule has 0 saturated carbocycles. The molecule has 0 aromatic carbocycles. The van der Waals surface area contributed by atoms with Crippen molar-refractivity contribution in [2.45, 2.75) is 38.3 Å². The SMILES string of the molecule is C[C@H](C#N)C[C@@H](NC(=O)[C@H]1CCC(=O)N1)C(=O)O. The number of nitriles is 1. The number of carboxylic acids is 1. The second-order valence-corrected chi connectivity index (χ2v) is 4.32. The molecule has 3 atom stereocenters. The molecule has 1 fully saturated rings. The Kier molecular flexibility index (Phi) is 4.66. The number of carbonyl (C=O) groups is 3. The van der Waals surface area contributed by atoms with Gasteiger partial charge in [0, 0.05) is 12.3 Å². The van der Waals surface area contributed by atoms with Crippen molar-refractivity contribution < 1.29 is 19.5 Å². The summed E-state index contributed by atoms with van der Waals surface area (Å²) in [6.07, 6.45) is 0.674. The van der Waals surface area contributed by atoms with Crippen LogP contribution in [0.25, 0.3) is 0 Å². The fraction of sp³-hybridized carbons (Fsp3) is 0.636. The van der Waals surface area contributed by atoms with E-state index in [1.807, 2.05) is 6.07 Å². The molecule has 0 bridgehead atoms. The van der Waals surface area contributed by atoms with E-state index in [1.165, 1.54) is 0 Å². The van der Waals surface area contributed by atoms with Gasteiger partial charge in [-0.1, -0.05) is 0 Å². The van der Waals surface area contributed by atoms with Crippen molar-refractivity contribution in [2.75, 3.05) is 0 Å². The lowest BCUT2D eigenvalue weighted by atomic mass is 10.0. The van der Waals surface area contributed by atoms with Crippen molar-refractivity contribution in [3.05, 3.63) is 0 Å². The van der Waals surface area contributed by atoms with E-state index in [0.29, 0.717) is 6.42 Å². The number of aliphatic carboxylic acids is 1. The topological polar surface area (TPSA) is 119 Å². The molecule has 1 heterocycles. The molecule has 0 aromatic heterocycles. The van der Waals surface area contributed by atoms with E-state index in [2.05, 4.69) is 10.6 Å². The van der Waals surface area contributed by atoms with E-state index >= 15 is 0 Å². The predicted molar refractivity (Wildman–Crippen MR) is 60.1 cm³/mol. The van der Waals surface area contributed by atoms with E-state index < -0.39 is 29.9 Å². The lowest BCUT2D eigenvalue weighted by Crippen LogP contribution is -2.49. The van der Waals surface area contributed by atoms with Gasteiger partial charge in [0.15, 0.2) is 0 Å². The highest BCUT2D eigenvalue weighted by atomic mass is 16.4. The predicted octanol–water partition coefficient (Wildman–Crippen LogP) is -0.616. The number of carboxylic acid groups (broad SMARTS) is 1. The minimum absolute atomic E-state index is 0.0399. The highest BCUT2D eigenvalue weighted by Gasteiger charge is 2.30. The molecule has 7 heteroatoms. The smallest absolute Gasteiger partial charge is 0.326 e.